The van der Waals surface area contributed by atoms with Gasteiger partial charge in [0.25, 0.3) is 0 Å². The minimum atomic E-state index is -0.602. The number of nitrogens with zero attached hydrogens (tertiary/aromatic N) is 4. The highest BCUT2D eigenvalue weighted by atomic mass is 16.5. The number of nitrogens with one attached hydrogen (secondary N) is 1. The Morgan fingerprint density at radius 2 is 1.93 bits per heavy atom. The summed E-state index contributed by atoms with van der Waals surface area (Å²) in [6.07, 6.45) is -0.602. The molecule has 2 rings (SSSR count). The highest BCUT2D eigenvalue weighted by molar-refractivity contribution is 5.31. The first-order valence-corrected chi connectivity index (χ1v) is 8.99. The maximum absolute atomic E-state index is 9.97. The van der Waals surface area contributed by atoms with Crippen LogP contribution in [0.3, 0.4) is 0 Å². The van der Waals surface area contributed by atoms with E-state index in [0.717, 1.165) is 11.3 Å². The van der Waals surface area contributed by atoms with Crippen LogP contribution in [0, 0.1) is 6.92 Å². The van der Waals surface area contributed by atoms with Crippen LogP contribution in [0.1, 0.15) is 19.4 Å². The number of hydrogen-bond donors (Lipinski definition) is 2. The van der Waals surface area contributed by atoms with E-state index in [0.29, 0.717) is 31.4 Å². The van der Waals surface area contributed by atoms with E-state index in [1.54, 1.807) is 12.1 Å². The molecule has 1 atom stereocenters. The zero-order valence-electron chi connectivity index (χ0n) is 16.0. The second-order valence-electron chi connectivity index (χ2n) is 6.32. The molecule has 0 bridgehead atoms. The lowest BCUT2D eigenvalue weighted by Crippen LogP contribution is -2.33. The van der Waals surface area contributed by atoms with Crippen molar-refractivity contribution in [1.82, 2.24) is 15.5 Å². The van der Waals surface area contributed by atoms with E-state index in [1.807, 2.05) is 45.0 Å². The molecule has 1 unspecified atom stereocenters. The zero-order valence-corrected chi connectivity index (χ0v) is 16.0. The minimum absolute atomic E-state index is 0.117. The molecule has 2 N–H and O–H groups in total. The first-order chi connectivity index (χ1) is 13.0. The summed E-state index contributed by atoms with van der Waals surface area (Å²) in [5.41, 5.74) is 1.05. The van der Waals surface area contributed by atoms with Crippen LogP contribution in [-0.4, -0.2) is 53.8 Å². The Morgan fingerprint density at radius 3 is 2.63 bits per heavy atom. The lowest BCUT2D eigenvalue weighted by Gasteiger charge is -2.14. The molecule has 1 heterocycles. The maximum atomic E-state index is 9.97. The number of benzene rings is 1. The highest BCUT2D eigenvalue weighted by Crippen LogP contribution is 2.16. The molecule has 0 aliphatic heterocycles. The number of para-hydroxylation sites is 1. The Hall–Kier alpha value is -2.58. The van der Waals surface area contributed by atoms with E-state index < -0.39 is 6.10 Å². The fraction of sp³-hybridized carbons (Fsp3) is 0.474. The molecule has 8 nitrogen and oxygen atoms in total. The van der Waals surface area contributed by atoms with Gasteiger partial charge in [-0.15, -0.1) is 15.3 Å². The van der Waals surface area contributed by atoms with Gasteiger partial charge >= 0.3 is 0 Å². The molecule has 1 aromatic heterocycles. The van der Waals surface area contributed by atoms with Gasteiger partial charge in [-0.2, -0.15) is 5.11 Å². The topological polar surface area (TPSA) is 101 Å². The molecule has 8 heteroatoms. The third-order valence-corrected chi connectivity index (χ3v) is 3.45. The van der Waals surface area contributed by atoms with Gasteiger partial charge in [0.05, 0.1) is 6.04 Å². The number of ether oxygens (including phenoxy) is 2. The van der Waals surface area contributed by atoms with Crippen LogP contribution >= 0.6 is 0 Å². The normalized spacial score (nSPS) is 12.5. The summed E-state index contributed by atoms with van der Waals surface area (Å²) in [5.74, 6) is 1.66. The van der Waals surface area contributed by atoms with Crippen LogP contribution in [-0.2, 0) is 0 Å². The van der Waals surface area contributed by atoms with Gasteiger partial charge in [-0.1, -0.05) is 18.2 Å². The van der Waals surface area contributed by atoms with Gasteiger partial charge in [0.2, 0.25) is 5.88 Å². The number of rotatable bonds is 11. The number of hydrogen-bond acceptors (Lipinski definition) is 8. The summed E-state index contributed by atoms with van der Waals surface area (Å²) >= 11 is 0. The van der Waals surface area contributed by atoms with Crippen LogP contribution in [0.4, 0.5) is 5.82 Å². The van der Waals surface area contributed by atoms with Gasteiger partial charge in [-0.05, 0) is 38.5 Å². The predicted molar refractivity (Wildman–Crippen MR) is 103 cm³/mol. The van der Waals surface area contributed by atoms with E-state index in [2.05, 4.69) is 25.7 Å². The Balaban J connectivity index is 1.59. The largest absolute Gasteiger partial charge is 0.491 e. The van der Waals surface area contributed by atoms with E-state index in [4.69, 9.17) is 9.47 Å². The number of aryl methyl sites for hydroxylation is 1. The Kier molecular flexibility index (Phi) is 8.60. The van der Waals surface area contributed by atoms with Crippen molar-refractivity contribution in [2.45, 2.75) is 32.9 Å². The molecular weight excluding hydrogens is 346 g/mol. The van der Waals surface area contributed by atoms with Crippen LogP contribution in [0.15, 0.2) is 46.6 Å². The summed E-state index contributed by atoms with van der Waals surface area (Å²) in [6.45, 7) is 7.47. The average molecular weight is 373 g/mol. The summed E-state index contributed by atoms with van der Waals surface area (Å²) < 4.78 is 11.1. The van der Waals surface area contributed by atoms with Gasteiger partial charge < -0.3 is 19.9 Å². The average Bonchev–Trinajstić information content (AvgIpc) is 2.66. The van der Waals surface area contributed by atoms with Gasteiger partial charge in [0.1, 0.15) is 25.1 Å². The van der Waals surface area contributed by atoms with E-state index in [9.17, 15) is 5.11 Å². The number of aromatic nitrogens is 2. The summed E-state index contributed by atoms with van der Waals surface area (Å²) in [4.78, 5) is 0. The first kappa shape index (κ1) is 20.7. The minimum Gasteiger partial charge on any atom is -0.491 e. The van der Waals surface area contributed by atoms with Crippen molar-refractivity contribution in [3.05, 3.63) is 42.0 Å². The molecule has 0 saturated carbocycles. The molecule has 0 aliphatic carbocycles. The third kappa shape index (κ3) is 8.10. The van der Waals surface area contributed by atoms with Crippen molar-refractivity contribution < 1.29 is 14.6 Å². The summed E-state index contributed by atoms with van der Waals surface area (Å²) in [5, 5.41) is 28.9. The first-order valence-electron chi connectivity index (χ1n) is 8.99. The van der Waals surface area contributed by atoms with Crippen molar-refractivity contribution in [3.63, 3.8) is 0 Å². The van der Waals surface area contributed by atoms with Crippen LogP contribution < -0.4 is 14.8 Å². The highest BCUT2D eigenvalue weighted by Gasteiger charge is 2.06. The molecule has 0 fully saturated rings. The number of aliphatic hydroxyl groups is 1. The molecule has 0 radical (unpaired) electrons. The molecule has 0 amide bonds. The second kappa shape index (κ2) is 11.2. The fourth-order valence-electron chi connectivity index (χ4n) is 2.08. The Labute approximate surface area is 159 Å². The SMILES string of the molecule is Cc1ccccc1OCC(O)CNCCOc1ccc(N=NC(C)C)nn1. The lowest BCUT2D eigenvalue weighted by atomic mass is 10.2. The van der Waals surface area contributed by atoms with Gasteiger partial charge in [-0.25, -0.2) is 0 Å². The molecule has 1 aromatic carbocycles. The molecule has 0 saturated heterocycles. The number of azo groups is 1. The molecule has 2 aromatic rings. The van der Waals surface area contributed by atoms with Gasteiger partial charge in [0.15, 0.2) is 5.82 Å². The van der Waals surface area contributed by atoms with Crippen LogP contribution in [0.5, 0.6) is 11.6 Å². The molecule has 146 valence electrons. The van der Waals surface area contributed by atoms with Crippen molar-refractivity contribution in [2.24, 2.45) is 10.2 Å². The smallest absolute Gasteiger partial charge is 0.233 e. The number of aliphatic hydroxyl groups excluding tert-OH is 1. The quantitative estimate of drug-likeness (QED) is 0.464. The van der Waals surface area contributed by atoms with Gasteiger partial charge in [0, 0.05) is 19.2 Å². The monoisotopic (exact) mass is 373 g/mol. The third-order valence-electron chi connectivity index (χ3n) is 3.45. The predicted octanol–water partition coefficient (Wildman–Crippen LogP) is 2.69. The Morgan fingerprint density at radius 1 is 1.11 bits per heavy atom. The second-order valence-corrected chi connectivity index (χ2v) is 6.32. The van der Waals surface area contributed by atoms with E-state index in [1.165, 1.54) is 0 Å². The fourth-order valence-corrected chi connectivity index (χ4v) is 2.08. The van der Waals surface area contributed by atoms with Crippen molar-refractivity contribution >= 4 is 5.82 Å². The van der Waals surface area contributed by atoms with Crippen LogP contribution in [0.2, 0.25) is 0 Å². The zero-order chi connectivity index (χ0) is 19.5. The Bertz CT molecular complexity index is 707. The molecule has 27 heavy (non-hydrogen) atoms. The molecule has 0 aliphatic rings. The maximum Gasteiger partial charge on any atom is 0.233 e. The molecule has 0 spiro atoms. The standard InChI is InChI=1S/C19H27N5O3/c1-14(2)21-22-18-8-9-19(24-23-18)26-11-10-20-12-16(25)13-27-17-7-5-4-6-15(17)3/h4-9,14,16,20,25H,10-13H2,1-3H3. The summed E-state index contributed by atoms with van der Waals surface area (Å²) in [6, 6.07) is 11.2. The summed E-state index contributed by atoms with van der Waals surface area (Å²) in [7, 11) is 0. The van der Waals surface area contributed by atoms with E-state index >= 15 is 0 Å². The van der Waals surface area contributed by atoms with Crippen molar-refractivity contribution in [1.29, 1.82) is 0 Å². The van der Waals surface area contributed by atoms with Crippen molar-refractivity contribution in [3.8, 4) is 11.6 Å². The lowest BCUT2D eigenvalue weighted by molar-refractivity contribution is 0.105. The van der Waals surface area contributed by atoms with E-state index in [-0.39, 0.29) is 12.6 Å². The van der Waals surface area contributed by atoms with Gasteiger partial charge in [-0.3, -0.25) is 0 Å². The van der Waals surface area contributed by atoms with Crippen molar-refractivity contribution in [2.75, 3.05) is 26.3 Å². The van der Waals surface area contributed by atoms with Crippen LogP contribution in [0.25, 0.3) is 0 Å². The molecular formula is C19H27N5O3.